The van der Waals surface area contributed by atoms with Crippen LogP contribution in [0.5, 0.6) is 5.75 Å². The van der Waals surface area contributed by atoms with Crippen LogP contribution in [-0.2, 0) is 4.79 Å². The molecule has 1 aromatic heterocycles. The Labute approximate surface area is 223 Å². The number of carbonyl (C=O) groups is 2. The van der Waals surface area contributed by atoms with E-state index in [4.69, 9.17) is 16.3 Å². The Balaban J connectivity index is 1.37. The molecule has 0 spiro atoms. The van der Waals surface area contributed by atoms with E-state index >= 15 is 0 Å². The second kappa shape index (κ2) is 12.2. The summed E-state index contributed by atoms with van der Waals surface area (Å²) in [5, 5.41) is 10.7. The van der Waals surface area contributed by atoms with Crippen LogP contribution in [0.15, 0.2) is 47.5 Å². The largest absolute Gasteiger partial charge is 0.497 e. The number of ether oxygens (including phenoxy) is 1. The first-order valence-electron chi connectivity index (χ1n) is 11.9. The summed E-state index contributed by atoms with van der Waals surface area (Å²) in [4.78, 5) is 31.8. The molecule has 1 saturated heterocycles. The van der Waals surface area contributed by atoms with Gasteiger partial charge in [-0.05, 0) is 61.7 Å². The molecular formula is C27H27ClF2N2O4S. The van der Waals surface area contributed by atoms with Gasteiger partial charge in [-0.1, -0.05) is 11.6 Å². The maximum atomic E-state index is 13.9. The topological polar surface area (TPSA) is 79.7 Å². The number of carbonyl (C=O) groups excluding carboxylic acids is 1. The van der Waals surface area contributed by atoms with Crippen molar-refractivity contribution < 1.29 is 28.2 Å². The Morgan fingerprint density at radius 3 is 2.81 bits per heavy atom. The number of likely N-dealkylation sites (tertiary alicyclic amines) is 1. The number of Topliss-reactive ketones (excluding diaryl/α,β-unsaturated/α-hetero) is 1. The first kappa shape index (κ1) is 27.3. The Morgan fingerprint density at radius 1 is 1.24 bits per heavy atom. The van der Waals surface area contributed by atoms with Crippen LogP contribution in [-0.4, -0.2) is 59.2 Å². The summed E-state index contributed by atoms with van der Waals surface area (Å²) in [6.07, 6.45) is 2.67. The van der Waals surface area contributed by atoms with Crippen LogP contribution >= 0.6 is 23.4 Å². The fourth-order valence-corrected chi connectivity index (χ4v) is 6.00. The van der Waals surface area contributed by atoms with E-state index < -0.39 is 23.5 Å². The average molecular weight is 549 g/mol. The minimum absolute atomic E-state index is 0.160. The van der Waals surface area contributed by atoms with Gasteiger partial charge < -0.3 is 14.7 Å². The number of aromatic nitrogens is 1. The molecule has 196 valence electrons. The SMILES string of the molecule is COc1ccc2ncc(Cl)c(C(=O)CCC3CCN(CCSc4cc(F)ccc4F)CC3C(=O)O)c2c1. The maximum Gasteiger partial charge on any atom is 0.308 e. The Hall–Kier alpha value is -2.75. The summed E-state index contributed by atoms with van der Waals surface area (Å²) in [5.41, 5.74) is 0.998. The summed E-state index contributed by atoms with van der Waals surface area (Å²) >= 11 is 7.56. The standard InChI is InChI=1S/C27H27ClF2N2O4S/c1-36-18-4-6-23-19(13-18)26(21(28)14-31-23)24(33)7-2-16-8-9-32(15-20(16)27(34)35)10-11-37-25-12-17(29)3-5-22(25)30/h3-6,12-14,16,20H,2,7-11,15H2,1H3,(H,34,35). The average Bonchev–Trinajstić information content (AvgIpc) is 2.89. The van der Waals surface area contributed by atoms with Gasteiger partial charge in [0, 0.05) is 47.3 Å². The van der Waals surface area contributed by atoms with Crippen molar-refractivity contribution in [3.63, 3.8) is 0 Å². The molecule has 2 heterocycles. The van der Waals surface area contributed by atoms with Crippen molar-refractivity contribution in [2.24, 2.45) is 11.8 Å². The molecule has 37 heavy (non-hydrogen) atoms. The number of aliphatic carboxylic acids is 1. The number of methoxy groups -OCH3 is 1. The van der Waals surface area contributed by atoms with E-state index in [9.17, 15) is 23.5 Å². The van der Waals surface area contributed by atoms with Crippen molar-refractivity contribution in [1.82, 2.24) is 9.88 Å². The highest BCUT2D eigenvalue weighted by Gasteiger charge is 2.34. The van der Waals surface area contributed by atoms with Crippen LogP contribution in [0, 0.1) is 23.5 Å². The van der Waals surface area contributed by atoms with Crippen LogP contribution < -0.4 is 4.74 Å². The number of halogens is 3. The van der Waals surface area contributed by atoms with E-state index in [0.29, 0.717) is 60.4 Å². The maximum absolute atomic E-state index is 13.9. The van der Waals surface area contributed by atoms with Crippen LogP contribution in [0.3, 0.4) is 0 Å². The van der Waals surface area contributed by atoms with Gasteiger partial charge in [0.25, 0.3) is 0 Å². The number of ketones is 1. The van der Waals surface area contributed by atoms with Crippen molar-refractivity contribution in [1.29, 1.82) is 0 Å². The number of carboxylic acids is 1. The second-order valence-electron chi connectivity index (χ2n) is 9.04. The lowest BCUT2D eigenvalue weighted by Crippen LogP contribution is -2.44. The highest BCUT2D eigenvalue weighted by atomic mass is 35.5. The minimum Gasteiger partial charge on any atom is -0.497 e. The van der Waals surface area contributed by atoms with Gasteiger partial charge in [0.05, 0.1) is 23.6 Å². The molecule has 0 amide bonds. The predicted molar refractivity (Wildman–Crippen MR) is 140 cm³/mol. The third-order valence-electron chi connectivity index (χ3n) is 6.77. The smallest absolute Gasteiger partial charge is 0.308 e. The van der Waals surface area contributed by atoms with E-state index in [-0.39, 0.29) is 28.0 Å². The van der Waals surface area contributed by atoms with Gasteiger partial charge in [-0.15, -0.1) is 11.8 Å². The molecule has 3 aromatic rings. The van der Waals surface area contributed by atoms with Gasteiger partial charge in [-0.3, -0.25) is 14.6 Å². The molecule has 0 bridgehead atoms. The summed E-state index contributed by atoms with van der Waals surface area (Å²) in [6, 6.07) is 8.59. The lowest BCUT2D eigenvalue weighted by Gasteiger charge is -2.36. The van der Waals surface area contributed by atoms with E-state index in [1.165, 1.54) is 25.1 Å². The first-order valence-corrected chi connectivity index (χ1v) is 13.3. The predicted octanol–water partition coefficient (Wildman–Crippen LogP) is 5.95. The number of fused-ring (bicyclic) bond motifs is 1. The monoisotopic (exact) mass is 548 g/mol. The second-order valence-corrected chi connectivity index (χ2v) is 10.6. The molecule has 0 radical (unpaired) electrons. The highest BCUT2D eigenvalue weighted by molar-refractivity contribution is 7.99. The minimum atomic E-state index is -0.900. The molecule has 2 atom stereocenters. The number of carboxylic acid groups (broad SMARTS) is 1. The fourth-order valence-electron chi connectivity index (χ4n) is 4.77. The quantitative estimate of drug-likeness (QED) is 0.247. The third-order valence-corrected chi connectivity index (χ3v) is 8.06. The number of pyridine rings is 1. The molecule has 2 unspecified atom stereocenters. The highest BCUT2D eigenvalue weighted by Crippen LogP contribution is 2.33. The number of nitrogens with zero attached hydrogens (tertiary/aromatic N) is 2. The molecule has 2 aromatic carbocycles. The van der Waals surface area contributed by atoms with E-state index in [1.807, 2.05) is 4.90 Å². The number of piperidine rings is 1. The molecular weight excluding hydrogens is 522 g/mol. The van der Waals surface area contributed by atoms with Crippen LogP contribution in [0.1, 0.15) is 29.6 Å². The Bertz CT molecular complexity index is 1310. The van der Waals surface area contributed by atoms with Crippen LogP contribution in [0.2, 0.25) is 5.02 Å². The van der Waals surface area contributed by atoms with Gasteiger partial charge in [0.1, 0.15) is 17.4 Å². The van der Waals surface area contributed by atoms with Crippen LogP contribution in [0.4, 0.5) is 8.78 Å². The normalized spacial score (nSPS) is 18.2. The number of thioether (sulfide) groups is 1. The summed E-state index contributed by atoms with van der Waals surface area (Å²) in [6.45, 7) is 1.57. The lowest BCUT2D eigenvalue weighted by molar-refractivity contribution is -0.146. The van der Waals surface area contributed by atoms with Gasteiger partial charge >= 0.3 is 5.97 Å². The summed E-state index contributed by atoms with van der Waals surface area (Å²) < 4.78 is 32.5. The zero-order chi connectivity index (χ0) is 26.5. The number of hydrogen-bond acceptors (Lipinski definition) is 6. The van der Waals surface area contributed by atoms with Gasteiger partial charge in [0.15, 0.2) is 5.78 Å². The third kappa shape index (κ3) is 6.58. The molecule has 6 nitrogen and oxygen atoms in total. The Kier molecular flexibility index (Phi) is 9.00. The number of hydrogen-bond donors (Lipinski definition) is 1. The summed E-state index contributed by atoms with van der Waals surface area (Å²) in [5.74, 6) is -1.72. The molecule has 0 aliphatic carbocycles. The fraction of sp³-hybridized carbons (Fsp3) is 0.370. The molecule has 1 N–H and O–H groups in total. The summed E-state index contributed by atoms with van der Waals surface area (Å²) in [7, 11) is 1.54. The van der Waals surface area contributed by atoms with Crippen molar-refractivity contribution in [2.75, 3.05) is 32.5 Å². The molecule has 0 saturated carbocycles. The molecule has 1 fully saturated rings. The van der Waals surface area contributed by atoms with Crippen molar-refractivity contribution in [3.05, 3.63) is 64.8 Å². The number of benzene rings is 2. The van der Waals surface area contributed by atoms with Gasteiger partial charge in [-0.2, -0.15) is 0 Å². The van der Waals surface area contributed by atoms with Gasteiger partial charge in [-0.25, -0.2) is 8.78 Å². The van der Waals surface area contributed by atoms with Gasteiger partial charge in [0.2, 0.25) is 0 Å². The molecule has 10 heteroatoms. The lowest BCUT2D eigenvalue weighted by atomic mass is 9.81. The Morgan fingerprint density at radius 2 is 2.05 bits per heavy atom. The van der Waals surface area contributed by atoms with Crippen molar-refractivity contribution >= 4 is 46.0 Å². The van der Waals surface area contributed by atoms with Crippen LogP contribution in [0.25, 0.3) is 10.9 Å². The zero-order valence-electron chi connectivity index (χ0n) is 20.3. The molecule has 4 rings (SSSR count). The van der Waals surface area contributed by atoms with E-state index in [0.717, 1.165) is 18.2 Å². The van der Waals surface area contributed by atoms with Crippen molar-refractivity contribution in [3.8, 4) is 5.75 Å². The zero-order valence-corrected chi connectivity index (χ0v) is 21.8. The first-order chi connectivity index (χ1) is 17.8. The molecule has 1 aliphatic heterocycles. The number of rotatable bonds is 10. The van der Waals surface area contributed by atoms with Crippen molar-refractivity contribution in [2.45, 2.75) is 24.2 Å². The van der Waals surface area contributed by atoms with E-state index in [1.54, 1.807) is 18.2 Å². The molecule has 1 aliphatic rings. The van der Waals surface area contributed by atoms with E-state index in [2.05, 4.69) is 4.98 Å².